The lowest BCUT2D eigenvalue weighted by atomic mass is 9.81. The Hall–Kier alpha value is -1.79. The molecule has 7 nitrogen and oxygen atoms in total. The van der Waals surface area contributed by atoms with Crippen LogP contribution in [0.5, 0.6) is 0 Å². The highest BCUT2D eigenvalue weighted by atomic mass is 16.4. The number of carbonyl (C=O) groups is 3. The van der Waals surface area contributed by atoms with Gasteiger partial charge in [-0.15, -0.1) is 0 Å². The number of urea groups is 1. The Balaban J connectivity index is 1.77. The van der Waals surface area contributed by atoms with Crippen molar-refractivity contribution in [3.8, 4) is 0 Å². The van der Waals surface area contributed by atoms with E-state index in [0.29, 0.717) is 32.4 Å². The van der Waals surface area contributed by atoms with Crippen molar-refractivity contribution in [2.24, 2.45) is 11.3 Å². The fourth-order valence-electron chi connectivity index (χ4n) is 4.89. The number of carboxylic acid groups (broad SMARTS) is 1. The number of amides is 3. The van der Waals surface area contributed by atoms with E-state index in [2.05, 4.69) is 10.6 Å². The van der Waals surface area contributed by atoms with Gasteiger partial charge in [0.2, 0.25) is 5.91 Å². The number of nitrogens with zero attached hydrogens (tertiary/aromatic N) is 1. The van der Waals surface area contributed by atoms with Crippen molar-refractivity contribution in [3.05, 3.63) is 0 Å². The topological polar surface area (TPSA) is 98.7 Å². The Kier molecular flexibility index (Phi) is 4.44. The first-order valence-electron chi connectivity index (χ1n) is 9.02. The maximum atomic E-state index is 13.2. The summed E-state index contributed by atoms with van der Waals surface area (Å²) >= 11 is 0. The van der Waals surface area contributed by atoms with Crippen LogP contribution in [0.3, 0.4) is 0 Å². The zero-order valence-corrected chi connectivity index (χ0v) is 14.3. The van der Waals surface area contributed by atoms with Gasteiger partial charge in [0.15, 0.2) is 0 Å². The lowest BCUT2D eigenvalue weighted by Crippen LogP contribution is -2.60. The van der Waals surface area contributed by atoms with E-state index in [0.717, 1.165) is 25.7 Å². The highest BCUT2D eigenvalue weighted by Gasteiger charge is 2.58. The maximum absolute atomic E-state index is 13.2. The highest BCUT2D eigenvalue weighted by Crippen LogP contribution is 2.49. The third kappa shape index (κ3) is 2.63. The van der Waals surface area contributed by atoms with Crippen LogP contribution in [0.4, 0.5) is 4.79 Å². The third-order valence-corrected chi connectivity index (χ3v) is 6.14. The molecule has 1 saturated heterocycles. The van der Waals surface area contributed by atoms with Crippen molar-refractivity contribution in [2.45, 2.75) is 57.4 Å². The molecule has 7 heteroatoms. The number of hydrogen-bond donors (Lipinski definition) is 3. The van der Waals surface area contributed by atoms with Crippen LogP contribution >= 0.6 is 0 Å². The summed E-state index contributed by atoms with van der Waals surface area (Å²) in [5.74, 6) is -0.833. The molecule has 0 aromatic rings. The largest absolute Gasteiger partial charge is 0.481 e. The van der Waals surface area contributed by atoms with Gasteiger partial charge in [0.1, 0.15) is 5.54 Å². The van der Waals surface area contributed by atoms with Gasteiger partial charge in [-0.1, -0.05) is 19.3 Å². The number of fused-ring (bicyclic) bond motifs is 1. The molecular formula is C17H27N3O4. The van der Waals surface area contributed by atoms with E-state index in [4.69, 9.17) is 0 Å². The summed E-state index contributed by atoms with van der Waals surface area (Å²) in [5.41, 5.74) is -1.64. The van der Waals surface area contributed by atoms with Gasteiger partial charge in [0, 0.05) is 19.6 Å². The molecule has 0 bridgehead atoms. The van der Waals surface area contributed by atoms with Gasteiger partial charge in [0.05, 0.1) is 5.41 Å². The summed E-state index contributed by atoms with van der Waals surface area (Å²) in [5, 5.41) is 15.3. The first kappa shape index (κ1) is 17.0. The van der Waals surface area contributed by atoms with Gasteiger partial charge in [-0.25, -0.2) is 4.79 Å². The van der Waals surface area contributed by atoms with Crippen LogP contribution in [0.1, 0.15) is 51.9 Å². The number of likely N-dealkylation sites (tertiary alicyclic amines) is 1. The molecule has 2 atom stereocenters. The fourth-order valence-corrected chi connectivity index (χ4v) is 4.89. The molecule has 3 amide bonds. The van der Waals surface area contributed by atoms with Crippen molar-refractivity contribution in [2.75, 3.05) is 19.6 Å². The minimum Gasteiger partial charge on any atom is -0.481 e. The minimum absolute atomic E-state index is 0.0434. The molecule has 1 heterocycles. The molecule has 3 fully saturated rings. The van der Waals surface area contributed by atoms with Crippen LogP contribution in [0.25, 0.3) is 0 Å². The van der Waals surface area contributed by atoms with Crippen molar-refractivity contribution >= 4 is 17.9 Å². The van der Waals surface area contributed by atoms with E-state index in [1.165, 1.54) is 0 Å². The minimum atomic E-state index is -0.864. The molecule has 0 aromatic carbocycles. The van der Waals surface area contributed by atoms with Gasteiger partial charge < -0.3 is 20.6 Å². The van der Waals surface area contributed by atoms with Crippen LogP contribution in [0, 0.1) is 11.3 Å². The summed E-state index contributed by atoms with van der Waals surface area (Å²) in [7, 11) is 0. The van der Waals surface area contributed by atoms with E-state index in [1.54, 1.807) is 4.90 Å². The summed E-state index contributed by atoms with van der Waals surface area (Å²) in [4.78, 5) is 38.7. The second-order valence-corrected chi connectivity index (χ2v) is 7.51. The Labute approximate surface area is 142 Å². The van der Waals surface area contributed by atoms with E-state index in [1.807, 2.05) is 6.92 Å². The quantitative estimate of drug-likeness (QED) is 0.721. The molecular weight excluding hydrogens is 310 g/mol. The van der Waals surface area contributed by atoms with E-state index in [-0.39, 0.29) is 24.4 Å². The summed E-state index contributed by atoms with van der Waals surface area (Å²) in [6.45, 7) is 3.12. The maximum Gasteiger partial charge on any atom is 0.315 e. The molecule has 134 valence electrons. The van der Waals surface area contributed by atoms with Crippen LogP contribution in [0.15, 0.2) is 0 Å². The average Bonchev–Trinajstić information content (AvgIpc) is 3.20. The Morgan fingerprint density at radius 1 is 1.17 bits per heavy atom. The van der Waals surface area contributed by atoms with E-state index >= 15 is 0 Å². The molecule has 3 N–H and O–H groups in total. The molecule has 1 aliphatic heterocycles. The molecule has 0 unspecified atom stereocenters. The molecule has 2 saturated carbocycles. The van der Waals surface area contributed by atoms with Crippen LogP contribution in [-0.2, 0) is 9.59 Å². The normalized spacial score (nSPS) is 30.9. The summed E-state index contributed by atoms with van der Waals surface area (Å²) in [6.07, 6.45) is 5.50. The number of nitrogens with one attached hydrogen (secondary N) is 2. The zero-order valence-electron chi connectivity index (χ0n) is 14.3. The number of aliphatic carboxylic acids is 1. The van der Waals surface area contributed by atoms with Crippen molar-refractivity contribution in [3.63, 3.8) is 0 Å². The molecule has 0 radical (unpaired) electrons. The first-order chi connectivity index (χ1) is 11.4. The lowest BCUT2D eigenvalue weighted by Gasteiger charge is -2.34. The van der Waals surface area contributed by atoms with Gasteiger partial charge in [-0.2, -0.15) is 0 Å². The van der Waals surface area contributed by atoms with Gasteiger partial charge in [-0.3, -0.25) is 9.59 Å². The first-order valence-corrected chi connectivity index (χ1v) is 9.02. The fraction of sp³-hybridized carbons (Fsp3) is 0.824. The van der Waals surface area contributed by atoms with Gasteiger partial charge in [-0.05, 0) is 38.5 Å². The Morgan fingerprint density at radius 2 is 1.88 bits per heavy atom. The SMILES string of the molecule is CCNC(=O)NC1(C(=O)N2C[C@@H]3CCC[C@@]3(C(=O)O)C2)CCCC1. The van der Waals surface area contributed by atoms with Crippen molar-refractivity contribution < 1.29 is 19.5 Å². The van der Waals surface area contributed by atoms with Crippen molar-refractivity contribution in [1.82, 2.24) is 15.5 Å². The van der Waals surface area contributed by atoms with Crippen LogP contribution in [0.2, 0.25) is 0 Å². The second kappa shape index (κ2) is 6.26. The molecule has 3 aliphatic rings. The smallest absolute Gasteiger partial charge is 0.315 e. The van der Waals surface area contributed by atoms with Gasteiger partial charge >= 0.3 is 12.0 Å². The predicted octanol–water partition coefficient (Wildman–Crippen LogP) is 1.33. The molecule has 0 spiro atoms. The third-order valence-electron chi connectivity index (χ3n) is 6.14. The number of hydrogen-bond acceptors (Lipinski definition) is 3. The lowest BCUT2D eigenvalue weighted by molar-refractivity contribution is -0.150. The molecule has 0 aromatic heterocycles. The second-order valence-electron chi connectivity index (χ2n) is 7.51. The molecule has 3 rings (SSSR count). The number of carboxylic acids is 1. The van der Waals surface area contributed by atoms with Crippen LogP contribution < -0.4 is 10.6 Å². The zero-order chi connectivity index (χ0) is 17.4. The van der Waals surface area contributed by atoms with Crippen LogP contribution in [-0.4, -0.2) is 53.1 Å². The summed E-state index contributed by atoms with van der Waals surface area (Å²) < 4.78 is 0. The Morgan fingerprint density at radius 3 is 2.46 bits per heavy atom. The van der Waals surface area contributed by atoms with Gasteiger partial charge in [0.25, 0.3) is 0 Å². The highest BCUT2D eigenvalue weighted by molar-refractivity contribution is 5.92. The standard InChI is InChI=1S/C17H27N3O4/c1-2-18-15(24)19-17(8-3-4-9-17)13(21)20-10-12-6-5-7-16(12,11-20)14(22)23/h12H,2-11H2,1H3,(H,22,23)(H2,18,19,24)/t12-,16+/m0/s1. The van der Waals surface area contributed by atoms with Crippen molar-refractivity contribution in [1.29, 1.82) is 0 Å². The molecule has 24 heavy (non-hydrogen) atoms. The summed E-state index contributed by atoms with van der Waals surface area (Å²) in [6, 6.07) is -0.319. The van der Waals surface area contributed by atoms with E-state index in [9.17, 15) is 19.5 Å². The predicted molar refractivity (Wildman–Crippen MR) is 87.4 cm³/mol. The number of rotatable bonds is 4. The monoisotopic (exact) mass is 337 g/mol. The van der Waals surface area contributed by atoms with E-state index < -0.39 is 16.9 Å². The molecule has 2 aliphatic carbocycles. The average molecular weight is 337 g/mol. The number of carbonyl (C=O) groups excluding carboxylic acids is 2. The Bertz CT molecular complexity index is 544.